The summed E-state index contributed by atoms with van der Waals surface area (Å²) in [5.41, 5.74) is 0.934. The monoisotopic (exact) mass is 432 g/mol. The van der Waals surface area contributed by atoms with Crippen molar-refractivity contribution in [2.45, 2.75) is 38.1 Å². The number of halogens is 2. The summed E-state index contributed by atoms with van der Waals surface area (Å²) in [5, 5.41) is 8.75. The minimum Gasteiger partial charge on any atom is -0.484 e. The summed E-state index contributed by atoms with van der Waals surface area (Å²) in [6, 6.07) is 14.0. The van der Waals surface area contributed by atoms with Crippen LogP contribution in [0.25, 0.3) is 0 Å². The number of hydrogen-bond donors (Lipinski definition) is 1. The van der Waals surface area contributed by atoms with Crippen molar-refractivity contribution in [3.8, 4) is 5.75 Å². The zero-order valence-corrected chi connectivity index (χ0v) is 17.6. The third kappa shape index (κ3) is 4.08. The predicted octanol–water partition coefficient (Wildman–Crippen LogP) is 4.95. The fourth-order valence-electron chi connectivity index (χ4n) is 3.56. The van der Waals surface area contributed by atoms with Gasteiger partial charge in [-0.05, 0) is 61.3 Å². The molecule has 5 nitrogen and oxygen atoms in total. The smallest absolute Gasteiger partial charge is 0.198 e. The second kappa shape index (κ2) is 8.26. The molecule has 1 fully saturated rings. The fourth-order valence-corrected chi connectivity index (χ4v) is 3.96. The van der Waals surface area contributed by atoms with Crippen molar-refractivity contribution in [3.05, 3.63) is 75.5 Å². The summed E-state index contributed by atoms with van der Waals surface area (Å²) < 4.78 is 23.3. The molecule has 1 aliphatic rings. The number of nitrogens with zero attached hydrogens (tertiary/aromatic N) is 3. The number of para-hydroxylation sites is 1. The molecule has 152 valence electrons. The third-order valence-corrected chi connectivity index (χ3v) is 6.29. The van der Waals surface area contributed by atoms with Gasteiger partial charge in [-0.3, -0.25) is 5.32 Å². The lowest BCUT2D eigenvalue weighted by Crippen LogP contribution is -2.48. The van der Waals surface area contributed by atoms with E-state index in [9.17, 15) is 4.39 Å². The molecule has 1 aliphatic carbocycles. The molecule has 0 bridgehead atoms. The maximum Gasteiger partial charge on any atom is 0.198 e. The topological polar surface area (TPSA) is 44.0 Å². The first-order valence-corrected chi connectivity index (χ1v) is 10.3. The van der Waals surface area contributed by atoms with E-state index >= 15 is 0 Å². The molecule has 8 heteroatoms. The summed E-state index contributed by atoms with van der Waals surface area (Å²) in [5.74, 6) is 1.09. The van der Waals surface area contributed by atoms with Crippen LogP contribution in [0.4, 0.5) is 4.39 Å². The van der Waals surface area contributed by atoms with E-state index in [1.54, 1.807) is 10.7 Å². The van der Waals surface area contributed by atoms with Crippen molar-refractivity contribution in [2.75, 3.05) is 0 Å². The molecule has 1 heterocycles. The van der Waals surface area contributed by atoms with Crippen molar-refractivity contribution in [3.63, 3.8) is 0 Å². The van der Waals surface area contributed by atoms with Gasteiger partial charge in [-0.2, -0.15) is 5.10 Å². The molecule has 1 saturated carbocycles. The van der Waals surface area contributed by atoms with Crippen LogP contribution in [0.5, 0.6) is 5.75 Å². The highest BCUT2D eigenvalue weighted by molar-refractivity contribution is 7.71. The van der Waals surface area contributed by atoms with E-state index in [0.717, 1.165) is 24.8 Å². The average Bonchev–Trinajstić information content (AvgIpc) is 2.96. The van der Waals surface area contributed by atoms with Crippen molar-refractivity contribution < 1.29 is 9.13 Å². The number of nitrogens with one attached hydrogen (secondary N) is 1. The minimum absolute atomic E-state index is 0.159. The molecule has 0 atom stereocenters. The van der Waals surface area contributed by atoms with Gasteiger partial charge in [0.25, 0.3) is 0 Å². The van der Waals surface area contributed by atoms with Crippen molar-refractivity contribution in [2.24, 2.45) is 7.05 Å². The molecular weight excluding hydrogens is 411 g/mol. The van der Waals surface area contributed by atoms with Crippen LogP contribution in [0.1, 0.15) is 30.7 Å². The Balaban J connectivity index is 1.47. The normalized spacial score (nSPS) is 15.1. The number of aromatic nitrogens is 3. The molecule has 0 spiro atoms. The van der Waals surface area contributed by atoms with Gasteiger partial charge in [-0.1, -0.05) is 35.9 Å². The first-order chi connectivity index (χ1) is 14.0. The maximum atomic E-state index is 13.3. The molecule has 0 saturated heterocycles. The van der Waals surface area contributed by atoms with Gasteiger partial charge in [0.15, 0.2) is 10.6 Å². The summed E-state index contributed by atoms with van der Waals surface area (Å²) in [6.45, 7) is 0.732. The van der Waals surface area contributed by atoms with Gasteiger partial charge < -0.3 is 9.30 Å². The van der Waals surface area contributed by atoms with E-state index in [-0.39, 0.29) is 18.0 Å². The van der Waals surface area contributed by atoms with Gasteiger partial charge in [0, 0.05) is 12.6 Å². The Hall–Kier alpha value is -2.22. The SMILES string of the molecule is Cn1c(COc2ccccc2Cl)nn(CNC2(c3ccc(F)cc3)CCC2)c1=S. The lowest BCUT2D eigenvalue weighted by Gasteiger charge is -2.43. The highest BCUT2D eigenvalue weighted by atomic mass is 35.5. The zero-order chi connectivity index (χ0) is 20.4. The molecule has 0 unspecified atom stereocenters. The second-order valence-electron chi connectivity index (χ2n) is 7.25. The lowest BCUT2D eigenvalue weighted by molar-refractivity contribution is 0.165. The molecule has 4 rings (SSSR count). The van der Waals surface area contributed by atoms with Gasteiger partial charge in [0.1, 0.15) is 18.2 Å². The Kier molecular flexibility index (Phi) is 5.72. The van der Waals surface area contributed by atoms with Crippen LogP contribution < -0.4 is 10.1 Å². The molecule has 3 aromatic rings. The molecule has 2 aromatic carbocycles. The molecular formula is C21H22ClFN4OS. The van der Waals surface area contributed by atoms with Crippen LogP contribution in [0.15, 0.2) is 48.5 Å². The highest BCUT2D eigenvalue weighted by Gasteiger charge is 2.38. The van der Waals surface area contributed by atoms with Gasteiger partial charge >= 0.3 is 0 Å². The first kappa shape index (κ1) is 20.1. The van der Waals surface area contributed by atoms with Crippen LogP contribution >= 0.6 is 23.8 Å². The van der Waals surface area contributed by atoms with Gasteiger partial charge in [0.05, 0.1) is 11.7 Å². The van der Waals surface area contributed by atoms with Crippen LogP contribution in [0.3, 0.4) is 0 Å². The number of hydrogen-bond acceptors (Lipinski definition) is 4. The van der Waals surface area contributed by atoms with Crippen molar-refractivity contribution in [1.82, 2.24) is 19.7 Å². The summed E-state index contributed by atoms with van der Waals surface area (Å²) >= 11 is 11.7. The Morgan fingerprint density at radius 1 is 1.21 bits per heavy atom. The van der Waals surface area contributed by atoms with E-state index in [2.05, 4.69) is 10.4 Å². The van der Waals surface area contributed by atoms with E-state index in [4.69, 9.17) is 28.6 Å². The Morgan fingerprint density at radius 2 is 1.93 bits per heavy atom. The van der Waals surface area contributed by atoms with E-state index in [1.807, 2.05) is 41.9 Å². The van der Waals surface area contributed by atoms with Crippen LogP contribution in [-0.2, 0) is 25.9 Å². The highest BCUT2D eigenvalue weighted by Crippen LogP contribution is 2.41. The number of ether oxygens (including phenoxy) is 1. The summed E-state index contributed by atoms with van der Waals surface area (Å²) in [6.07, 6.45) is 3.14. The Labute approximate surface area is 179 Å². The van der Waals surface area contributed by atoms with Gasteiger partial charge in [-0.15, -0.1) is 0 Å². The van der Waals surface area contributed by atoms with Crippen molar-refractivity contribution >= 4 is 23.8 Å². The second-order valence-corrected chi connectivity index (χ2v) is 8.03. The molecule has 1 N–H and O–H groups in total. The van der Waals surface area contributed by atoms with Gasteiger partial charge in [-0.25, -0.2) is 9.07 Å². The lowest BCUT2D eigenvalue weighted by atomic mass is 9.72. The van der Waals surface area contributed by atoms with Crippen LogP contribution in [0.2, 0.25) is 5.02 Å². The Morgan fingerprint density at radius 3 is 2.59 bits per heavy atom. The fraction of sp³-hybridized carbons (Fsp3) is 0.333. The van der Waals surface area contributed by atoms with Crippen LogP contribution in [0, 0.1) is 10.6 Å². The summed E-state index contributed by atoms with van der Waals surface area (Å²) in [7, 11) is 1.87. The predicted molar refractivity (Wildman–Crippen MR) is 113 cm³/mol. The molecule has 1 aromatic heterocycles. The first-order valence-electron chi connectivity index (χ1n) is 9.50. The minimum atomic E-state index is -0.224. The number of rotatable bonds is 7. The molecule has 0 amide bonds. The quantitative estimate of drug-likeness (QED) is 0.536. The standard InChI is InChI=1S/C21H22ClFN4OS/c1-26-19(13-28-18-6-3-2-5-17(18)22)25-27(20(26)29)14-24-21(11-4-12-21)15-7-9-16(23)10-8-15/h2-3,5-10,24H,4,11-14H2,1H3. The van der Waals surface area contributed by atoms with Crippen LogP contribution in [-0.4, -0.2) is 14.3 Å². The van der Waals surface area contributed by atoms with Crippen molar-refractivity contribution in [1.29, 1.82) is 0 Å². The summed E-state index contributed by atoms with van der Waals surface area (Å²) in [4.78, 5) is 0. The largest absolute Gasteiger partial charge is 0.484 e. The number of benzene rings is 2. The molecule has 0 radical (unpaired) electrons. The molecule has 0 aliphatic heterocycles. The van der Waals surface area contributed by atoms with E-state index in [1.165, 1.54) is 12.1 Å². The zero-order valence-electron chi connectivity index (χ0n) is 16.1. The average molecular weight is 433 g/mol. The third-order valence-electron chi connectivity index (χ3n) is 5.50. The van der Waals surface area contributed by atoms with E-state index < -0.39 is 0 Å². The maximum absolute atomic E-state index is 13.3. The van der Waals surface area contributed by atoms with Gasteiger partial charge in [0.2, 0.25) is 0 Å². The Bertz CT molecular complexity index is 1060. The molecule has 29 heavy (non-hydrogen) atoms. The van der Waals surface area contributed by atoms with E-state index in [0.29, 0.717) is 28.0 Å².